The lowest BCUT2D eigenvalue weighted by molar-refractivity contribution is 0.415. The van der Waals surface area contributed by atoms with Crippen molar-refractivity contribution < 1.29 is 4.74 Å². The molecule has 0 aromatic heterocycles. The summed E-state index contributed by atoms with van der Waals surface area (Å²) in [5.74, 6) is 0.827. The lowest BCUT2D eigenvalue weighted by atomic mass is 10.2. The standard InChI is InChI=1S/C14H14ClNO/c1-10-6-7-12(9-14(10)15)16-11-4-3-5-13(8-11)17-2/h3-9,16H,1-2H3. The average Bonchev–Trinajstić information content (AvgIpc) is 2.34. The van der Waals surface area contributed by atoms with Crippen LogP contribution in [0.1, 0.15) is 5.56 Å². The highest BCUT2D eigenvalue weighted by molar-refractivity contribution is 6.31. The van der Waals surface area contributed by atoms with E-state index in [2.05, 4.69) is 5.32 Å². The third kappa shape index (κ3) is 2.92. The van der Waals surface area contributed by atoms with Crippen LogP contribution in [0, 0.1) is 6.92 Å². The van der Waals surface area contributed by atoms with E-state index >= 15 is 0 Å². The highest BCUT2D eigenvalue weighted by atomic mass is 35.5. The van der Waals surface area contributed by atoms with Gasteiger partial charge in [0, 0.05) is 22.5 Å². The summed E-state index contributed by atoms with van der Waals surface area (Å²) in [6.07, 6.45) is 0. The van der Waals surface area contributed by atoms with Crippen molar-refractivity contribution >= 4 is 23.0 Å². The summed E-state index contributed by atoms with van der Waals surface area (Å²) in [5.41, 5.74) is 3.01. The second kappa shape index (κ2) is 5.11. The summed E-state index contributed by atoms with van der Waals surface area (Å²) in [7, 11) is 1.65. The molecule has 0 spiro atoms. The molecule has 2 rings (SSSR count). The van der Waals surface area contributed by atoms with Gasteiger partial charge in [-0.1, -0.05) is 23.7 Å². The lowest BCUT2D eigenvalue weighted by Crippen LogP contribution is -1.91. The first-order valence-electron chi connectivity index (χ1n) is 5.36. The van der Waals surface area contributed by atoms with Crippen LogP contribution in [0.15, 0.2) is 42.5 Å². The van der Waals surface area contributed by atoms with Crippen LogP contribution in [0.4, 0.5) is 11.4 Å². The highest BCUT2D eigenvalue weighted by Gasteiger charge is 1.99. The first-order chi connectivity index (χ1) is 8.19. The molecule has 0 saturated carbocycles. The Morgan fingerprint density at radius 3 is 2.53 bits per heavy atom. The van der Waals surface area contributed by atoms with Gasteiger partial charge in [-0.25, -0.2) is 0 Å². The third-order valence-electron chi connectivity index (χ3n) is 2.53. The number of aryl methyl sites for hydroxylation is 1. The van der Waals surface area contributed by atoms with E-state index in [1.807, 2.05) is 49.4 Å². The van der Waals surface area contributed by atoms with Gasteiger partial charge in [-0.3, -0.25) is 0 Å². The van der Waals surface area contributed by atoms with Gasteiger partial charge in [-0.15, -0.1) is 0 Å². The topological polar surface area (TPSA) is 21.3 Å². The zero-order valence-electron chi connectivity index (χ0n) is 9.83. The van der Waals surface area contributed by atoms with E-state index in [-0.39, 0.29) is 0 Å². The molecule has 0 aliphatic carbocycles. The van der Waals surface area contributed by atoms with Gasteiger partial charge < -0.3 is 10.1 Å². The number of halogens is 1. The fourth-order valence-electron chi connectivity index (χ4n) is 1.54. The Morgan fingerprint density at radius 1 is 1.06 bits per heavy atom. The van der Waals surface area contributed by atoms with Crippen molar-refractivity contribution in [3.05, 3.63) is 53.1 Å². The average molecular weight is 248 g/mol. The predicted molar refractivity (Wildman–Crippen MR) is 72.5 cm³/mol. The monoisotopic (exact) mass is 247 g/mol. The van der Waals surface area contributed by atoms with Gasteiger partial charge in [0.25, 0.3) is 0 Å². The lowest BCUT2D eigenvalue weighted by Gasteiger charge is -2.09. The number of anilines is 2. The molecule has 0 amide bonds. The molecule has 2 aromatic carbocycles. The fraction of sp³-hybridized carbons (Fsp3) is 0.143. The number of nitrogens with one attached hydrogen (secondary N) is 1. The molecular formula is C14H14ClNO. The van der Waals surface area contributed by atoms with Crippen molar-refractivity contribution in [2.24, 2.45) is 0 Å². The number of ether oxygens (including phenoxy) is 1. The van der Waals surface area contributed by atoms with Crippen LogP contribution in [0.25, 0.3) is 0 Å². The minimum atomic E-state index is 0.762. The summed E-state index contributed by atoms with van der Waals surface area (Å²) in [6, 6.07) is 13.7. The van der Waals surface area contributed by atoms with Crippen LogP contribution in [0.2, 0.25) is 5.02 Å². The second-order valence-corrected chi connectivity index (χ2v) is 4.23. The van der Waals surface area contributed by atoms with Gasteiger partial charge >= 0.3 is 0 Å². The van der Waals surface area contributed by atoms with Gasteiger partial charge in [-0.05, 0) is 36.8 Å². The van der Waals surface area contributed by atoms with Crippen molar-refractivity contribution in [2.45, 2.75) is 6.92 Å². The minimum Gasteiger partial charge on any atom is -0.497 e. The van der Waals surface area contributed by atoms with Crippen LogP contribution < -0.4 is 10.1 Å². The zero-order valence-corrected chi connectivity index (χ0v) is 10.6. The molecule has 0 aliphatic heterocycles. The zero-order chi connectivity index (χ0) is 12.3. The molecule has 0 fully saturated rings. The maximum Gasteiger partial charge on any atom is 0.120 e. The molecule has 2 aromatic rings. The van der Waals surface area contributed by atoms with E-state index in [0.717, 1.165) is 27.7 Å². The van der Waals surface area contributed by atoms with E-state index in [9.17, 15) is 0 Å². The molecule has 0 unspecified atom stereocenters. The Bertz CT molecular complexity index is 525. The Hall–Kier alpha value is -1.67. The maximum atomic E-state index is 6.07. The third-order valence-corrected chi connectivity index (χ3v) is 2.94. The van der Waals surface area contributed by atoms with Crippen molar-refractivity contribution in [3.63, 3.8) is 0 Å². The second-order valence-electron chi connectivity index (χ2n) is 3.82. The van der Waals surface area contributed by atoms with E-state index in [1.54, 1.807) is 7.11 Å². The van der Waals surface area contributed by atoms with Crippen LogP contribution >= 0.6 is 11.6 Å². The van der Waals surface area contributed by atoms with Crippen LogP contribution in [-0.2, 0) is 0 Å². The van der Waals surface area contributed by atoms with Crippen molar-refractivity contribution in [3.8, 4) is 5.75 Å². The fourth-order valence-corrected chi connectivity index (χ4v) is 1.72. The highest BCUT2D eigenvalue weighted by Crippen LogP contribution is 2.24. The van der Waals surface area contributed by atoms with Crippen LogP contribution in [0.3, 0.4) is 0 Å². The van der Waals surface area contributed by atoms with Gasteiger partial charge in [0.05, 0.1) is 7.11 Å². The molecule has 17 heavy (non-hydrogen) atoms. The molecule has 0 aliphatic rings. The molecule has 0 radical (unpaired) electrons. The molecule has 0 bridgehead atoms. The molecule has 1 N–H and O–H groups in total. The number of benzene rings is 2. The molecule has 88 valence electrons. The van der Waals surface area contributed by atoms with Gasteiger partial charge in [0.2, 0.25) is 0 Å². The molecule has 2 nitrogen and oxygen atoms in total. The van der Waals surface area contributed by atoms with Crippen LogP contribution in [-0.4, -0.2) is 7.11 Å². The number of methoxy groups -OCH3 is 1. The summed E-state index contributed by atoms with van der Waals surface area (Å²) in [5, 5.41) is 4.04. The number of hydrogen-bond donors (Lipinski definition) is 1. The first kappa shape index (κ1) is 11.8. The Balaban J connectivity index is 2.22. The van der Waals surface area contributed by atoms with E-state index in [0.29, 0.717) is 0 Å². The molecule has 0 atom stereocenters. The normalized spacial score (nSPS) is 10.1. The van der Waals surface area contributed by atoms with Crippen molar-refractivity contribution in [1.29, 1.82) is 0 Å². The quantitative estimate of drug-likeness (QED) is 0.868. The van der Waals surface area contributed by atoms with Crippen LogP contribution in [0.5, 0.6) is 5.75 Å². The molecule has 0 saturated heterocycles. The SMILES string of the molecule is COc1cccc(Nc2ccc(C)c(Cl)c2)c1. The minimum absolute atomic E-state index is 0.762. The largest absolute Gasteiger partial charge is 0.497 e. The molecule has 3 heteroatoms. The van der Waals surface area contributed by atoms with Crippen molar-refractivity contribution in [2.75, 3.05) is 12.4 Å². The smallest absolute Gasteiger partial charge is 0.120 e. The Kier molecular flexibility index (Phi) is 3.55. The maximum absolute atomic E-state index is 6.07. The van der Waals surface area contributed by atoms with Gasteiger partial charge in [-0.2, -0.15) is 0 Å². The van der Waals surface area contributed by atoms with E-state index < -0.39 is 0 Å². The summed E-state index contributed by atoms with van der Waals surface area (Å²) >= 11 is 6.07. The number of rotatable bonds is 3. The van der Waals surface area contributed by atoms with E-state index in [1.165, 1.54) is 0 Å². The number of hydrogen-bond acceptors (Lipinski definition) is 2. The van der Waals surface area contributed by atoms with Gasteiger partial charge in [0.1, 0.15) is 5.75 Å². The summed E-state index contributed by atoms with van der Waals surface area (Å²) in [6.45, 7) is 1.98. The van der Waals surface area contributed by atoms with Gasteiger partial charge in [0.15, 0.2) is 0 Å². The Labute approximate surface area is 106 Å². The summed E-state index contributed by atoms with van der Waals surface area (Å²) < 4.78 is 5.17. The first-order valence-corrected chi connectivity index (χ1v) is 5.74. The predicted octanol–water partition coefficient (Wildman–Crippen LogP) is 4.40. The van der Waals surface area contributed by atoms with Crippen molar-refractivity contribution in [1.82, 2.24) is 0 Å². The van der Waals surface area contributed by atoms with E-state index in [4.69, 9.17) is 16.3 Å². The molecule has 0 heterocycles. The Morgan fingerprint density at radius 2 is 1.82 bits per heavy atom. The summed E-state index contributed by atoms with van der Waals surface area (Å²) in [4.78, 5) is 0. The molecular weight excluding hydrogens is 234 g/mol.